The van der Waals surface area contributed by atoms with Gasteiger partial charge in [0.1, 0.15) is 0 Å². The average molecular weight is 273 g/mol. The Hall–Kier alpha value is -1.55. The fourth-order valence-electron chi connectivity index (χ4n) is 4.47. The molecular weight excluding hydrogens is 254 g/mol. The normalized spacial score (nSPS) is 35.2. The lowest BCUT2D eigenvalue weighted by Crippen LogP contribution is -2.55. The number of hydrogen-bond donors (Lipinski definition) is 0. The van der Waals surface area contributed by atoms with Crippen molar-refractivity contribution in [3.8, 4) is 11.5 Å². The monoisotopic (exact) mass is 273 g/mol. The molecule has 2 fully saturated rings. The number of para-hydroxylation sites is 1. The largest absolute Gasteiger partial charge is 0.493 e. The van der Waals surface area contributed by atoms with E-state index in [0.717, 1.165) is 30.9 Å². The van der Waals surface area contributed by atoms with Crippen molar-refractivity contribution in [3.63, 3.8) is 0 Å². The summed E-state index contributed by atoms with van der Waals surface area (Å²) < 4.78 is 11.5. The maximum absolute atomic E-state index is 12.4. The molecule has 0 N–H and O–H groups in total. The Bertz CT molecular complexity index is 585. The molecule has 0 bridgehead atoms. The van der Waals surface area contributed by atoms with E-state index >= 15 is 0 Å². The molecule has 1 aliphatic carbocycles. The lowest BCUT2D eigenvalue weighted by Gasteiger charge is -2.40. The number of carbonyl (C=O) groups excluding carboxylic acids is 1. The number of carbonyl (C=O) groups is 1. The van der Waals surface area contributed by atoms with Crippen LogP contribution in [0.4, 0.5) is 0 Å². The molecule has 1 aromatic carbocycles. The van der Waals surface area contributed by atoms with Crippen molar-refractivity contribution in [1.82, 2.24) is 4.90 Å². The number of methoxy groups -OCH3 is 1. The van der Waals surface area contributed by atoms with Gasteiger partial charge in [0.05, 0.1) is 12.5 Å². The van der Waals surface area contributed by atoms with Crippen molar-refractivity contribution in [2.24, 2.45) is 0 Å². The number of benzene rings is 1. The summed E-state index contributed by atoms with van der Waals surface area (Å²) in [4.78, 5) is 14.8. The minimum absolute atomic E-state index is 0.159. The van der Waals surface area contributed by atoms with E-state index in [0.29, 0.717) is 12.5 Å². The quantitative estimate of drug-likeness (QED) is 0.781. The summed E-state index contributed by atoms with van der Waals surface area (Å²) in [6, 6.07) is 6.43. The molecule has 20 heavy (non-hydrogen) atoms. The van der Waals surface area contributed by atoms with Crippen molar-refractivity contribution in [2.45, 2.75) is 36.8 Å². The molecule has 1 saturated carbocycles. The summed E-state index contributed by atoms with van der Waals surface area (Å²) in [5, 5.41) is 0. The number of rotatable bonds is 1. The maximum atomic E-state index is 12.4. The van der Waals surface area contributed by atoms with Crippen LogP contribution >= 0.6 is 0 Å². The molecule has 4 nitrogen and oxygen atoms in total. The summed E-state index contributed by atoms with van der Waals surface area (Å²) in [7, 11) is 3.81. The smallest absolute Gasteiger partial charge is 0.174 e. The lowest BCUT2D eigenvalue weighted by atomic mass is 9.65. The Morgan fingerprint density at radius 1 is 1.45 bits per heavy atom. The van der Waals surface area contributed by atoms with Crippen LogP contribution < -0.4 is 9.47 Å². The summed E-state index contributed by atoms with van der Waals surface area (Å²) in [5.41, 5.74) is 1.01. The van der Waals surface area contributed by atoms with Gasteiger partial charge < -0.3 is 14.4 Å². The van der Waals surface area contributed by atoms with Crippen LogP contribution in [-0.2, 0) is 10.2 Å². The Balaban J connectivity index is 1.93. The molecule has 4 rings (SSSR count). The lowest BCUT2D eigenvalue weighted by molar-refractivity contribution is -0.131. The molecule has 2 heterocycles. The molecular formula is C16H19NO3. The summed E-state index contributed by atoms with van der Waals surface area (Å²) in [5.74, 6) is 1.78. The van der Waals surface area contributed by atoms with Crippen molar-refractivity contribution >= 4 is 5.78 Å². The van der Waals surface area contributed by atoms with Crippen molar-refractivity contribution < 1.29 is 14.3 Å². The van der Waals surface area contributed by atoms with Gasteiger partial charge in [-0.3, -0.25) is 4.79 Å². The van der Waals surface area contributed by atoms with Crippen LogP contribution in [0, 0.1) is 0 Å². The molecule has 1 saturated heterocycles. The van der Waals surface area contributed by atoms with Crippen LogP contribution in [-0.4, -0.2) is 43.5 Å². The average Bonchev–Trinajstić information content (AvgIpc) is 2.98. The molecule has 0 amide bonds. The fraction of sp³-hybridized carbons (Fsp3) is 0.562. The van der Waals surface area contributed by atoms with E-state index in [1.165, 1.54) is 5.56 Å². The van der Waals surface area contributed by atoms with Crippen molar-refractivity contribution in [1.29, 1.82) is 0 Å². The molecule has 0 unspecified atom stereocenters. The third-order valence-electron chi connectivity index (χ3n) is 5.37. The number of Topliss-reactive ketones (excluding diaryl/α,β-unsaturated/α-hetero) is 1. The van der Waals surface area contributed by atoms with Crippen LogP contribution in [0.3, 0.4) is 0 Å². The number of ether oxygens (including phenoxy) is 2. The second-order valence-electron chi connectivity index (χ2n) is 6.13. The second kappa shape index (κ2) is 3.98. The number of likely N-dealkylation sites (tertiary alicyclic amines) is 1. The van der Waals surface area contributed by atoms with Gasteiger partial charge in [-0.25, -0.2) is 0 Å². The third kappa shape index (κ3) is 1.28. The highest BCUT2D eigenvalue weighted by molar-refractivity contribution is 5.89. The number of ketones is 1. The van der Waals surface area contributed by atoms with Gasteiger partial charge in [0.2, 0.25) is 0 Å². The van der Waals surface area contributed by atoms with E-state index in [1.807, 2.05) is 12.1 Å². The van der Waals surface area contributed by atoms with Crippen LogP contribution in [0.15, 0.2) is 18.2 Å². The molecule has 2 aliphatic heterocycles. The van der Waals surface area contributed by atoms with Gasteiger partial charge in [-0.1, -0.05) is 12.1 Å². The van der Waals surface area contributed by atoms with Crippen LogP contribution in [0.2, 0.25) is 0 Å². The van der Waals surface area contributed by atoms with Crippen molar-refractivity contribution in [3.05, 3.63) is 23.8 Å². The Labute approximate surface area is 118 Å². The zero-order chi connectivity index (χ0) is 13.9. The van der Waals surface area contributed by atoms with E-state index in [1.54, 1.807) is 7.11 Å². The van der Waals surface area contributed by atoms with E-state index in [2.05, 4.69) is 18.0 Å². The van der Waals surface area contributed by atoms with Crippen LogP contribution in [0.5, 0.6) is 11.5 Å². The molecule has 1 aromatic rings. The fourth-order valence-corrected chi connectivity index (χ4v) is 4.47. The molecule has 0 aromatic heterocycles. The van der Waals surface area contributed by atoms with Gasteiger partial charge in [0.25, 0.3) is 0 Å². The second-order valence-corrected chi connectivity index (χ2v) is 6.13. The molecule has 1 spiro atoms. The van der Waals surface area contributed by atoms with E-state index < -0.39 is 0 Å². The first kappa shape index (κ1) is 12.2. The molecule has 4 heteroatoms. The molecule has 3 aliphatic rings. The minimum Gasteiger partial charge on any atom is -0.493 e. The third-order valence-corrected chi connectivity index (χ3v) is 5.37. The Kier molecular flexibility index (Phi) is 2.43. The summed E-state index contributed by atoms with van der Waals surface area (Å²) >= 11 is 0. The van der Waals surface area contributed by atoms with Gasteiger partial charge in [0.15, 0.2) is 23.4 Å². The van der Waals surface area contributed by atoms with Gasteiger partial charge in [-0.15, -0.1) is 0 Å². The number of nitrogens with zero attached hydrogens (tertiary/aromatic N) is 1. The first-order valence-electron chi connectivity index (χ1n) is 7.25. The maximum Gasteiger partial charge on any atom is 0.174 e. The predicted molar refractivity (Wildman–Crippen MR) is 74.4 cm³/mol. The highest BCUT2D eigenvalue weighted by Crippen LogP contribution is 2.57. The van der Waals surface area contributed by atoms with Gasteiger partial charge in [0, 0.05) is 18.0 Å². The van der Waals surface area contributed by atoms with Gasteiger partial charge >= 0.3 is 0 Å². The predicted octanol–water partition coefficient (Wildman–Crippen LogP) is 1.76. The molecule has 106 valence electrons. The zero-order valence-electron chi connectivity index (χ0n) is 11.9. The SMILES string of the molecule is COc1cccc2c1O[C@H]1C(=O)CC[C@@H]3N(C)CC[C@@]231. The zero-order valence-corrected chi connectivity index (χ0v) is 11.9. The first-order chi connectivity index (χ1) is 9.68. The highest BCUT2D eigenvalue weighted by Gasteiger charge is 2.62. The highest BCUT2D eigenvalue weighted by atomic mass is 16.5. The van der Waals surface area contributed by atoms with Crippen molar-refractivity contribution in [2.75, 3.05) is 20.7 Å². The summed E-state index contributed by atoms with van der Waals surface area (Å²) in [6.45, 7) is 1.02. The first-order valence-corrected chi connectivity index (χ1v) is 7.25. The van der Waals surface area contributed by atoms with Gasteiger partial charge in [-0.05, 0) is 32.5 Å². The van der Waals surface area contributed by atoms with E-state index in [9.17, 15) is 4.79 Å². The Morgan fingerprint density at radius 3 is 3.10 bits per heavy atom. The molecule has 3 atom stereocenters. The standard InChI is InChI=1S/C16H19NO3/c1-17-9-8-16-10-4-3-5-12(19-2)14(10)20-15(16)11(18)6-7-13(16)17/h3-5,13,15H,6-9H2,1-2H3/t13-,15-,16+/m0/s1. The Morgan fingerprint density at radius 2 is 2.30 bits per heavy atom. The number of likely N-dealkylation sites (N-methyl/N-ethyl adjacent to an activating group) is 1. The van der Waals surface area contributed by atoms with Crippen LogP contribution in [0.1, 0.15) is 24.8 Å². The number of fused-ring (bicyclic) bond motifs is 1. The minimum atomic E-state index is -0.322. The van der Waals surface area contributed by atoms with E-state index in [-0.39, 0.29) is 17.3 Å². The number of hydrogen-bond acceptors (Lipinski definition) is 4. The van der Waals surface area contributed by atoms with E-state index in [4.69, 9.17) is 9.47 Å². The van der Waals surface area contributed by atoms with Gasteiger partial charge in [-0.2, -0.15) is 0 Å². The topological polar surface area (TPSA) is 38.8 Å². The molecule has 0 radical (unpaired) electrons. The van der Waals surface area contributed by atoms with Crippen LogP contribution in [0.25, 0.3) is 0 Å². The summed E-state index contributed by atoms with van der Waals surface area (Å²) in [6.07, 6.45) is 2.23.